The van der Waals surface area contributed by atoms with Crippen molar-refractivity contribution in [2.24, 2.45) is 22.9 Å². The zero-order chi connectivity index (χ0) is 79.1. The number of amides is 12. The zero-order valence-corrected chi connectivity index (χ0v) is 59.5. The Kier molecular flexibility index (Phi) is 28.5. The first kappa shape index (κ1) is 81.4. The van der Waals surface area contributed by atoms with E-state index in [1.807, 2.05) is 12.1 Å². The van der Waals surface area contributed by atoms with Gasteiger partial charge in [0.2, 0.25) is 76.5 Å². The number of H-pyrrole nitrogens is 1. The van der Waals surface area contributed by atoms with Gasteiger partial charge in [0.25, 0.3) is 0 Å². The highest BCUT2D eigenvalue weighted by molar-refractivity contribution is 6.02. The highest BCUT2D eigenvalue weighted by Gasteiger charge is 2.51. The van der Waals surface area contributed by atoms with E-state index < -0.39 is 181 Å². The average molecular weight is 1500 g/mol. The van der Waals surface area contributed by atoms with E-state index in [2.05, 4.69) is 63.1 Å². The molecule has 2 heterocycles. The second-order valence-corrected chi connectivity index (χ2v) is 26.5. The molecule has 0 bridgehead atoms. The van der Waals surface area contributed by atoms with Crippen molar-refractivity contribution in [3.05, 3.63) is 198 Å². The quantitative estimate of drug-likeness (QED) is 0.0189. The van der Waals surface area contributed by atoms with Gasteiger partial charge in [-0.05, 0) is 96.0 Å². The van der Waals surface area contributed by atoms with Gasteiger partial charge in [0.05, 0.1) is 25.2 Å². The SMILES string of the molecule is C[C@@H]1NC(=O)[C@H](CC(N)=O)NC(=O)[C@H](Cc2ccc3ccccc3c2)NC(=O)[C@H](CCCNC(=N)N)NC(=O)[C@@H](Cc2ccccc2)NC(=O)[C@H](Cc2cnc[nH]2)NC(=O)[C@@H](NC(=O)[C@@H](N)Cc2ccc(O)cc2)CC(=O)N([C@@H](Cc2ccc(O)cc2)C(N)=O)C(C)(C(=O)O)NC(=O)[C@H](Cc2ccccc2)NC1=O. The van der Waals surface area contributed by atoms with E-state index in [0.29, 0.717) is 27.2 Å². The number of nitrogens with two attached hydrogens (primary N) is 4. The molecule has 0 aliphatic carbocycles. The van der Waals surface area contributed by atoms with E-state index in [4.69, 9.17) is 28.3 Å². The maximum absolute atomic E-state index is 15.9. The van der Waals surface area contributed by atoms with Gasteiger partial charge < -0.3 is 96.4 Å². The number of nitrogens with one attached hydrogen (secondary N) is 12. The Morgan fingerprint density at radius 1 is 0.569 bits per heavy atom. The van der Waals surface area contributed by atoms with Crippen molar-refractivity contribution >= 4 is 93.6 Å². The van der Waals surface area contributed by atoms with E-state index in [-0.39, 0.29) is 61.4 Å². The predicted molar refractivity (Wildman–Crippen MR) is 395 cm³/mol. The Bertz CT molecular complexity index is 4440. The molecule has 6 aromatic carbocycles. The number of carboxylic acid groups (broad SMARTS) is 1. The fourth-order valence-electron chi connectivity index (χ4n) is 12.2. The van der Waals surface area contributed by atoms with Crippen molar-refractivity contribution in [3.63, 3.8) is 0 Å². The topological polar surface area (TPSA) is 563 Å². The minimum Gasteiger partial charge on any atom is -0.508 e. The molecule has 11 atom stereocenters. The number of fused-ring (bicyclic) bond motifs is 1. The average Bonchev–Trinajstić information content (AvgIpc) is 0.829. The van der Waals surface area contributed by atoms with Gasteiger partial charge in [0.1, 0.15) is 65.9 Å². The lowest BCUT2D eigenvalue weighted by molar-refractivity contribution is -0.168. The summed E-state index contributed by atoms with van der Waals surface area (Å²) in [4.78, 5) is 200. The van der Waals surface area contributed by atoms with Gasteiger partial charge in [0, 0.05) is 50.5 Å². The van der Waals surface area contributed by atoms with Crippen LogP contribution in [0.5, 0.6) is 11.5 Å². The molecule has 1 unspecified atom stereocenters. The van der Waals surface area contributed by atoms with Gasteiger partial charge in [-0.1, -0.05) is 127 Å². The Hall–Kier alpha value is -13.3. The van der Waals surface area contributed by atoms with Crippen LogP contribution in [0.4, 0.5) is 0 Å². The van der Waals surface area contributed by atoms with Gasteiger partial charge in [-0.15, -0.1) is 0 Å². The van der Waals surface area contributed by atoms with Crippen molar-refractivity contribution in [2.45, 2.75) is 144 Å². The summed E-state index contributed by atoms with van der Waals surface area (Å²) >= 11 is 0. The minimum atomic E-state index is -3.19. The molecule has 34 nitrogen and oxygen atoms in total. The number of guanidine groups is 1. The van der Waals surface area contributed by atoms with Crippen LogP contribution in [0.15, 0.2) is 164 Å². The van der Waals surface area contributed by atoms with Crippen LogP contribution in [0.25, 0.3) is 10.8 Å². The number of nitrogens with zero attached hydrogens (tertiary/aromatic N) is 2. The van der Waals surface area contributed by atoms with Crippen LogP contribution in [0.3, 0.4) is 0 Å². The van der Waals surface area contributed by atoms with E-state index in [0.717, 1.165) is 24.6 Å². The summed E-state index contributed by atoms with van der Waals surface area (Å²) in [5.41, 5.74) is 22.7. The van der Waals surface area contributed by atoms with Gasteiger partial charge in [-0.3, -0.25) is 67.8 Å². The zero-order valence-electron chi connectivity index (χ0n) is 59.5. The number of hydrogen-bond acceptors (Lipinski definition) is 18. The smallest absolute Gasteiger partial charge is 0.350 e. The maximum atomic E-state index is 15.9. The van der Waals surface area contributed by atoms with Crippen molar-refractivity contribution < 1.29 is 77.6 Å². The van der Waals surface area contributed by atoms with E-state index in [1.165, 1.54) is 73.2 Å². The fourth-order valence-corrected chi connectivity index (χ4v) is 12.2. The van der Waals surface area contributed by atoms with Gasteiger partial charge in [0.15, 0.2) is 5.96 Å². The van der Waals surface area contributed by atoms with Crippen LogP contribution >= 0.6 is 0 Å². The number of aliphatic carboxylic acids is 1. The third-order valence-corrected chi connectivity index (χ3v) is 18.0. The van der Waals surface area contributed by atoms with Crippen molar-refractivity contribution in [1.29, 1.82) is 5.41 Å². The van der Waals surface area contributed by atoms with Gasteiger partial charge >= 0.3 is 5.97 Å². The molecular weight excluding hydrogens is 1410 g/mol. The van der Waals surface area contributed by atoms with Crippen molar-refractivity contribution in [1.82, 2.24) is 68.0 Å². The van der Waals surface area contributed by atoms with Crippen LogP contribution in [0.1, 0.15) is 73.0 Å². The molecule has 0 saturated carbocycles. The lowest BCUT2D eigenvalue weighted by Crippen LogP contribution is -2.72. The molecule has 1 fully saturated rings. The Morgan fingerprint density at radius 3 is 1.59 bits per heavy atom. The number of aromatic hydroxyl groups is 2. The number of hydrogen-bond donors (Lipinski definition) is 19. The van der Waals surface area contributed by atoms with E-state index in [1.54, 1.807) is 78.9 Å². The number of carbonyl (C=O) groups excluding carboxylic acids is 12. The number of phenols is 2. The third kappa shape index (κ3) is 23.6. The number of phenolic OH excluding ortho intramolecular Hbond substituents is 2. The lowest BCUT2D eigenvalue weighted by atomic mass is 9.97. The molecule has 574 valence electrons. The summed E-state index contributed by atoms with van der Waals surface area (Å²) < 4.78 is 0. The standard InChI is InChI=1S/C75H88N18O16/c1-41-64(99)86-56(33-43-14-7-4-8-15-43)72(107)92-75(2,73(108)109)93(60(63(78)98)35-45-22-27-51(95)28-23-45)62(97)38-59(87-65(100)52(76)31-44-20-25-50(94)26-21-44)71(106)90-57(36-49-39-81-40-83-49)70(105)89-54(32-42-12-5-3-6-13-42)68(103)85-53(18-11-29-82-74(79)80)66(101)88-55(69(104)91-58(37-61(77)96)67(102)84-41)34-46-19-24-47-16-9-10-17-48(47)30-46/h3-10,12-17,19-28,30,39-41,52-60,94-95H,11,18,29,31-38,76H2,1-2H3,(H2,77,96)(H2,78,98)(H,81,83)(H,84,102)(H,85,103)(H,86,99)(H,87,100)(H,88,101)(H,89,105)(H,90,106)(H,91,104)(H,92,107)(H,108,109)(H4,79,80,82)/t41-,52-,53-,54+,55-,56-,57-,58-,59-,60-,75?/m0/s1. The van der Waals surface area contributed by atoms with Crippen molar-refractivity contribution in [2.75, 3.05) is 6.54 Å². The van der Waals surface area contributed by atoms with Crippen LogP contribution in [0, 0.1) is 5.41 Å². The molecule has 0 spiro atoms. The van der Waals surface area contributed by atoms with Gasteiger partial charge in [-0.2, -0.15) is 0 Å². The van der Waals surface area contributed by atoms with Crippen LogP contribution in [-0.2, 0) is 101 Å². The number of carboxylic acids is 1. The number of rotatable bonds is 23. The minimum absolute atomic E-state index is 0.00854. The molecule has 7 aromatic rings. The van der Waals surface area contributed by atoms with E-state index in [9.17, 15) is 44.1 Å². The molecule has 8 rings (SSSR count). The number of primary amides is 2. The second kappa shape index (κ2) is 38.1. The molecule has 34 heteroatoms. The molecule has 12 amide bonds. The summed E-state index contributed by atoms with van der Waals surface area (Å²) in [5.74, 6) is -17.4. The number of aromatic amines is 1. The summed E-state index contributed by atoms with van der Waals surface area (Å²) in [5, 5.41) is 66.5. The largest absolute Gasteiger partial charge is 0.508 e. The third-order valence-electron chi connectivity index (χ3n) is 18.0. The highest BCUT2D eigenvalue weighted by Crippen LogP contribution is 2.25. The molecule has 1 aliphatic rings. The van der Waals surface area contributed by atoms with Crippen LogP contribution in [0.2, 0.25) is 0 Å². The van der Waals surface area contributed by atoms with Gasteiger partial charge in [-0.25, -0.2) is 9.78 Å². The molecule has 1 saturated heterocycles. The molecule has 0 radical (unpaired) electrons. The molecule has 1 aliphatic heterocycles. The van der Waals surface area contributed by atoms with E-state index >= 15 is 33.6 Å². The number of benzene rings is 6. The first-order valence-corrected chi connectivity index (χ1v) is 34.7. The summed E-state index contributed by atoms with van der Waals surface area (Å²) in [6.45, 7) is 1.91. The number of carbonyl (C=O) groups is 13. The first-order valence-electron chi connectivity index (χ1n) is 34.7. The lowest BCUT2D eigenvalue weighted by Gasteiger charge is -2.43. The Labute approximate surface area is 624 Å². The molecule has 1 aromatic heterocycles. The van der Waals surface area contributed by atoms with Crippen LogP contribution in [-0.4, -0.2) is 186 Å². The van der Waals surface area contributed by atoms with Crippen LogP contribution < -0.4 is 76.1 Å². The number of imidazole rings is 1. The highest BCUT2D eigenvalue weighted by atomic mass is 16.4. The molecular formula is C75H88N18O16. The fraction of sp³-hybridized carbons (Fsp3) is 0.320. The van der Waals surface area contributed by atoms with Crippen molar-refractivity contribution in [3.8, 4) is 11.5 Å². The summed E-state index contributed by atoms with van der Waals surface area (Å²) in [6.07, 6.45) is -2.50. The predicted octanol–water partition coefficient (Wildman–Crippen LogP) is -1.90. The normalized spacial score (nSPS) is 21.7. The monoisotopic (exact) mass is 1500 g/mol. The maximum Gasteiger partial charge on any atom is 0.350 e. The Morgan fingerprint density at radius 2 is 1.05 bits per heavy atom. The summed E-state index contributed by atoms with van der Waals surface area (Å²) in [6, 6.07) is 20.7. The summed E-state index contributed by atoms with van der Waals surface area (Å²) in [7, 11) is 0. The molecule has 109 heavy (non-hydrogen) atoms. The first-order chi connectivity index (χ1) is 51.9. The number of aromatic nitrogens is 2. The Balaban J connectivity index is 1.30. The second-order valence-electron chi connectivity index (χ2n) is 26.5. The molecule has 23 N–H and O–H groups in total.